The molecule has 0 spiro atoms. The van der Waals surface area contributed by atoms with Crippen LogP contribution in [0.15, 0.2) is 59.8 Å². The summed E-state index contributed by atoms with van der Waals surface area (Å²) >= 11 is 0. The van der Waals surface area contributed by atoms with Gasteiger partial charge < -0.3 is 16.2 Å². The van der Waals surface area contributed by atoms with Gasteiger partial charge in [-0.15, -0.1) is 0 Å². The van der Waals surface area contributed by atoms with Crippen molar-refractivity contribution in [3.8, 4) is 16.9 Å². The summed E-state index contributed by atoms with van der Waals surface area (Å²) in [6.07, 6.45) is 9.37. The van der Waals surface area contributed by atoms with Gasteiger partial charge in [0, 0.05) is 28.8 Å². The van der Waals surface area contributed by atoms with Gasteiger partial charge in [-0.3, -0.25) is 9.48 Å². The molecule has 0 aliphatic heterocycles. The Balaban J connectivity index is 1.29. The van der Waals surface area contributed by atoms with Gasteiger partial charge in [-0.25, -0.2) is 9.37 Å². The van der Waals surface area contributed by atoms with Gasteiger partial charge in [0.05, 0.1) is 47.5 Å². The molecule has 196 valence electrons. The molecule has 0 atom stereocenters. The average Bonchev–Trinajstić information content (AvgIpc) is 3.86. The van der Waals surface area contributed by atoms with E-state index in [4.69, 9.17) is 5.73 Å². The molecule has 2 saturated carbocycles. The quantitative estimate of drug-likeness (QED) is 0.288. The highest BCUT2D eigenvalue weighted by Crippen LogP contribution is 2.41. The standard InChI is InChI=1S/C28H25FN8O2/c29-22-9-16(15-4-5-15)8-17-11-32-37(27(39)26(17)22)24-3-1-2-20(21(24)14-38)23-10-25(30)35-28(34-23)33-18-12-31-36(13-18)19-6-7-19/h1-3,8-13,15,19,38H,4-7,14H2,(H3,30,33,34,35). The van der Waals surface area contributed by atoms with Gasteiger partial charge in [-0.2, -0.15) is 19.9 Å². The molecule has 2 aliphatic carbocycles. The maximum absolute atomic E-state index is 15.1. The number of hydrogen-bond donors (Lipinski definition) is 3. The smallest absolute Gasteiger partial charge is 0.282 e. The van der Waals surface area contributed by atoms with Gasteiger partial charge in [-0.1, -0.05) is 12.1 Å². The van der Waals surface area contributed by atoms with E-state index in [2.05, 4.69) is 25.5 Å². The second-order valence-corrected chi connectivity index (χ2v) is 10.1. The number of nitrogens with one attached hydrogen (secondary N) is 1. The molecule has 0 radical (unpaired) electrons. The molecule has 11 heteroatoms. The molecule has 10 nitrogen and oxygen atoms in total. The Morgan fingerprint density at radius 3 is 2.69 bits per heavy atom. The Hall–Kier alpha value is -4.64. The zero-order valence-corrected chi connectivity index (χ0v) is 20.9. The van der Waals surface area contributed by atoms with Crippen LogP contribution in [0.5, 0.6) is 0 Å². The van der Waals surface area contributed by atoms with Crippen molar-refractivity contribution in [3.63, 3.8) is 0 Å². The van der Waals surface area contributed by atoms with E-state index in [0.29, 0.717) is 39.9 Å². The van der Waals surface area contributed by atoms with Gasteiger partial charge in [0.25, 0.3) is 5.56 Å². The molecule has 0 saturated heterocycles. The lowest BCUT2D eigenvalue weighted by atomic mass is 10.0. The van der Waals surface area contributed by atoms with Crippen molar-refractivity contribution in [2.45, 2.75) is 44.2 Å². The predicted molar refractivity (Wildman–Crippen MR) is 144 cm³/mol. The number of aromatic nitrogens is 6. The predicted octanol–water partition coefficient (Wildman–Crippen LogP) is 4.21. The van der Waals surface area contributed by atoms with Gasteiger partial charge >= 0.3 is 0 Å². The van der Waals surface area contributed by atoms with Gasteiger partial charge in [0.2, 0.25) is 5.95 Å². The summed E-state index contributed by atoms with van der Waals surface area (Å²) in [6, 6.07) is 10.5. The van der Waals surface area contributed by atoms with Crippen molar-refractivity contribution in [1.29, 1.82) is 0 Å². The van der Waals surface area contributed by atoms with Crippen molar-refractivity contribution >= 4 is 28.2 Å². The number of nitrogen functional groups attached to an aromatic ring is 1. The van der Waals surface area contributed by atoms with Crippen molar-refractivity contribution in [2.75, 3.05) is 11.1 Å². The van der Waals surface area contributed by atoms with E-state index in [1.54, 1.807) is 30.5 Å². The molecular formula is C28H25FN8O2. The first-order chi connectivity index (χ1) is 19.0. The Bertz CT molecular complexity index is 1810. The lowest BCUT2D eigenvalue weighted by Gasteiger charge is -2.15. The fourth-order valence-corrected chi connectivity index (χ4v) is 4.99. The molecule has 39 heavy (non-hydrogen) atoms. The van der Waals surface area contributed by atoms with Crippen LogP contribution in [-0.4, -0.2) is 34.6 Å². The lowest BCUT2D eigenvalue weighted by molar-refractivity contribution is 0.281. The molecule has 0 unspecified atom stereocenters. The highest BCUT2D eigenvalue weighted by Gasteiger charge is 2.26. The molecule has 2 aliphatic rings. The van der Waals surface area contributed by atoms with Crippen LogP contribution in [-0.2, 0) is 6.61 Å². The lowest BCUT2D eigenvalue weighted by Crippen LogP contribution is -2.23. The van der Waals surface area contributed by atoms with Crippen LogP contribution in [0.1, 0.15) is 48.8 Å². The van der Waals surface area contributed by atoms with E-state index >= 15 is 4.39 Å². The van der Waals surface area contributed by atoms with Crippen molar-refractivity contribution < 1.29 is 9.50 Å². The van der Waals surface area contributed by atoms with Crippen LogP contribution >= 0.6 is 0 Å². The maximum Gasteiger partial charge on any atom is 0.282 e. The SMILES string of the molecule is Nc1cc(-c2cccc(-n3ncc4cc(C5CC5)cc(F)c4c3=O)c2CO)nc(Nc2cnn(C3CC3)c2)n1. The fraction of sp³-hybridized carbons (Fsp3) is 0.250. The third-order valence-electron chi connectivity index (χ3n) is 7.25. The van der Waals surface area contributed by atoms with Crippen molar-refractivity contribution in [2.24, 2.45) is 0 Å². The number of anilines is 3. The van der Waals surface area contributed by atoms with Gasteiger partial charge in [0.1, 0.15) is 11.6 Å². The van der Waals surface area contributed by atoms with Crippen LogP contribution in [0.25, 0.3) is 27.7 Å². The van der Waals surface area contributed by atoms with Gasteiger partial charge in [0.15, 0.2) is 0 Å². The van der Waals surface area contributed by atoms with Gasteiger partial charge in [-0.05, 0) is 55.4 Å². The second kappa shape index (κ2) is 8.98. The zero-order chi connectivity index (χ0) is 26.7. The Morgan fingerprint density at radius 2 is 1.92 bits per heavy atom. The van der Waals surface area contributed by atoms with E-state index in [9.17, 15) is 9.90 Å². The number of benzene rings is 2. The average molecular weight is 525 g/mol. The van der Waals surface area contributed by atoms with Crippen molar-refractivity contribution in [1.82, 2.24) is 29.5 Å². The first-order valence-electron chi connectivity index (χ1n) is 12.9. The molecular weight excluding hydrogens is 499 g/mol. The third kappa shape index (κ3) is 4.30. The minimum Gasteiger partial charge on any atom is -0.392 e. The molecule has 2 fully saturated rings. The van der Waals surface area contributed by atoms with Crippen LogP contribution in [0.4, 0.5) is 21.8 Å². The summed E-state index contributed by atoms with van der Waals surface area (Å²) < 4.78 is 18.1. The third-order valence-corrected chi connectivity index (χ3v) is 7.25. The van der Waals surface area contributed by atoms with E-state index in [1.807, 2.05) is 16.9 Å². The first kappa shape index (κ1) is 23.5. The van der Waals surface area contributed by atoms with Crippen LogP contribution in [0, 0.1) is 5.82 Å². The minimum atomic E-state index is -0.601. The molecule has 4 N–H and O–H groups in total. The monoisotopic (exact) mass is 524 g/mol. The summed E-state index contributed by atoms with van der Waals surface area (Å²) in [7, 11) is 0. The molecule has 0 bridgehead atoms. The largest absolute Gasteiger partial charge is 0.392 e. The second-order valence-electron chi connectivity index (χ2n) is 10.1. The molecule has 2 aromatic carbocycles. The number of nitrogens with zero attached hydrogens (tertiary/aromatic N) is 6. The van der Waals surface area contributed by atoms with Crippen LogP contribution in [0.2, 0.25) is 0 Å². The van der Waals surface area contributed by atoms with E-state index < -0.39 is 18.0 Å². The number of nitrogens with two attached hydrogens (primary N) is 1. The first-order valence-corrected chi connectivity index (χ1v) is 12.9. The Morgan fingerprint density at radius 1 is 1.08 bits per heavy atom. The summed E-state index contributed by atoms with van der Waals surface area (Å²) in [4.78, 5) is 22.3. The maximum atomic E-state index is 15.1. The highest BCUT2D eigenvalue weighted by atomic mass is 19.1. The topological polar surface area (TPSA) is 137 Å². The number of fused-ring (bicyclic) bond motifs is 1. The summed E-state index contributed by atoms with van der Waals surface area (Å²) in [6.45, 7) is -0.415. The molecule has 5 aromatic rings. The molecule has 3 heterocycles. The minimum absolute atomic E-state index is 0.0341. The fourth-order valence-electron chi connectivity index (χ4n) is 4.99. The molecule has 7 rings (SSSR count). The Labute approximate surface area is 222 Å². The summed E-state index contributed by atoms with van der Waals surface area (Å²) in [5, 5.41) is 22.7. The number of rotatable bonds is 7. The Kier molecular flexibility index (Phi) is 5.41. The van der Waals surface area contributed by atoms with E-state index in [0.717, 1.165) is 41.6 Å². The number of aliphatic hydroxyl groups is 1. The van der Waals surface area contributed by atoms with E-state index in [-0.39, 0.29) is 17.2 Å². The molecule has 3 aromatic heterocycles. The highest BCUT2D eigenvalue weighted by molar-refractivity contribution is 5.83. The number of halogens is 1. The van der Waals surface area contributed by atoms with Crippen molar-refractivity contribution in [3.05, 3.63) is 82.3 Å². The van der Waals surface area contributed by atoms with Crippen LogP contribution < -0.4 is 16.6 Å². The van der Waals surface area contributed by atoms with Crippen LogP contribution in [0.3, 0.4) is 0 Å². The summed E-state index contributed by atoms with van der Waals surface area (Å²) in [5.74, 6) is 0.268. The zero-order valence-electron chi connectivity index (χ0n) is 20.9. The normalized spacial score (nSPS) is 15.1. The number of hydrogen-bond acceptors (Lipinski definition) is 8. The number of aliphatic hydroxyl groups excluding tert-OH is 1. The molecule has 0 amide bonds. The van der Waals surface area contributed by atoms with E-state index in [1.165, 1.54) is 12.3 Å². The summed E-state index contributed by atoms with van der Waals surface area (Å²) in [5.41, 5.74) is 8.84.